The van der Waals surface area contributed by atoms with E-state index in [1.807, 2.05) is 0 Å². The van der Waals surface area contributed by atoms with Crippen molar-refractivity contribution < 1.29 is 42.8 Å². The molecule has 3 aliphatic heterocycles. The fraction of sp³-hybridized carbons (Fsp3) is 0.609. The molecule has 5 atom stereocenters. The predicted octanol–water partition coefficient (Wildman–Crippen LogP) is 0.263. The van der Waals surface area contributed by atoms with E-state index in [1.54, 1.807) is 52.0 Å². The lowest BCUT2D eigenvalue weighted by atomic mass is 9.98. The topological polar surface area (TPSA) is 143 Å². The number of amides is 3. The second-order valence-electron chi connectivity index (χ2n) is 9.33. The standard InChI is InChI=1S/C23H31N3O9/c1-22(2)32-16-17(33-22)19-21(35-23(3,4)34-19)31-18(16)20(29)25-10-14(27)24-11-15(28)26-12-8-6-7-9-13(12)30-5/h6-9,16-19,21H,10-11H2,1-5H3,(H,24,27)(H,25,29)(H,26,28)/t16-,17-,18+,19+,21+/m0/s1. The van der Waals surface area contributed by atoms with E-state index in [9.17, 15) is 14.4 Å². The van der Waals surface area contributed by atoms with Gasteiger partial charge in [-0.1, -0.05) is 12.1 Å². The zero-order chi connectivity index (χ0) is 25.4. The molecule has 0 aliphatic carbocycles. The Bertz CT molecular complexity index is 983. The molecule has 3 fully saturated rings. The molecule has 12 heteroatoms. The Hall–Kier alpha value is -2.77. The highest BCUT2D eigenvalue weighted by Gasteiger charge is 2.62. The third-order valence-corrected chi connectivity index (χ3v) is 5.66. The van der Waals surface area contributed by atoms with Gasteiger partial charge in [-0.25, -0.2) is 0 Å². The molecule has 3 aliphatic rings. The van der Waals surface area contributed by atoms with Crippen LogP contribution in [0, 0.1) is 0 Å². The minimum atomic E-state index is -1.08. The molecule has 3 N–H and O–H groups in total. The summed E-state index contributed by atoms with van der Waals surface area (Å²) < 4.78 is 34.6. The average Bonchev–Trinajstić information content (AvgIpc) is 3.29. The summed E-state index contributed by atoms with van der Waals surface area (Å²) >= 11 is 0. The predicted molar refractivity (Wildman–Crippen MR) is 120 cm³/mol. The maximum Gasteiger partial charge on any atom is 0.252 e. The Morgan fingerprint density at radius 3 is 2.23 bits per heavy atom. The summed E-state index contributed by atoms with van der Waals surface area (Å²) in [5, 5.41) is 7.63. The van der Waals surface area contributed by atoms with Crippen LogP contribution in [0.2, 0.25) is 0 Å². The fourth-order valence-corrected chi connectivity index (χ4v) is 4.27. The zero-order valence-corrected chi connectivity index (χ0v) is 20.3. The van der Waals surface area contributed by atoms with Gasteiger partial charge in [0.05, 0.1) is 25.9 Å². The molecule has 0 bridgehead atoms. The van der Waals surface area contributed by atoms with Gasteiger partial charge in [0, 0.05) is 0 Å². The number of benzene rings is 1. The second kappa shape index (κ2) is 9.70. The van der Waals surface area contributed by atoms with Crippen LogP contribution in [-0.2, 0) is 38.1 Å². The molecular formula is C23H31N3O9. The first-order valence-corrected chi connectivity index (χ1v) is 11.3. The number of fused-ring (bicyclic) bond motifs is 3. The summed E-state index contributed by atoms with van der Waals surface area (Å²) in [4.78, 5) is 37.3. The minimum Gasteiger partial charge on any atom is -0.495 e. The molecular weight excluding hydrogens is 462 g/mol. The molecule has 192 valence electrons. The Kier molecular flexibility index (Phi) is 7.02. The molecule has 1 aromatic carbocycles. The quantitative estimate of drug-likeness (QED) is 0.487. The van der Waals surface area contributed by atoms with E-state index in [2.05, 4.69) is 16.0 Å². The number of para-hydroxylation sites is 2. The van der Waals surface area contributed by atoms with Crippen molar-refractivity contribution in [1.82, 2.24) is 10.6 Å². The van der Waals surface area contributed by atoms with E-state index in [1.165, 1.54) is 7.11 Å². The smallest absolute Gasteiger partial charge is 0.252 e. The third kappa shape index (κ3) is 5.73. The normalized spacial score (nSPS) is 30.0. The van der Waals surface area contributed by atoms with Crippen molar-refractivity contribution in [2.24, 2.45) is 0 Å². The molecule has 0 aromatic heterocycles. The van der Waals surface area contributed by atoms with Crippen molar-refractivity contribution in [1.29, 1.82) is 0 Å². The second-order valence-corrected chi connectivity index (χ2v) is 9.33. The van der Waals surface area contributed by atoms with Gasteiger partial charge in [0.1, 0.15) is 24.1 Å². The van der Waals surface area contributed by atoms with Crippen molar-refractivity contribution in [3.8, 4) is 5.75 Å². The minimum absolute atomic E-state index is 0.285. The van der Waals surface area contributed by atoms with Gasteiger partial charge in [-0.05, 0) is 39.8 Å². The molecule has 3 saturated heterocycles. The van der Waals surface area contributed by atoms with Crippen LogP contribution in [0.25, 0.3) is 0 Å². The molecule has 0 saturated carbocycles. The van der Waals surface area contributed by atoms with Crippen LogP contribution >= 0.6 is 0 Å². The summed E-state index contributed by atoms with van der Waals surface area (Å²) in [5.41, 5.74) is 0.479. The summed E-state index contributed by atoms with van der Waals surface area (Å²) in [6.07, 6.45) is -3.81. The largest absolute Gasteiger partial charge is 0.495 e. The van der Waals surface area contributed by atoms with Gasteiger partial charge in [-0.15, -0.1) is 0 Å². The summed E-state index contributed by atoms with van der Waals surface area (Å²) in [7, 11) is 1.49. The van der Waals surface area contributed by atoms with Crippen molar-refractivity contribution in [2.45, 2.75) is 70.0 Å². The first-order chi connectivity index (χ1) is 16.5. The SMILES string of the molecule is COc1ccccc1NC(=O)CNC(=O)CNC(=O)[C@@H]1O[C@@H]2OC(C)(C)O[C@@H]2[C@H]2OC(C)(C)O[C@@H]21. The number of rotatable bonds is 7. The van der Waals surface area contributed by atoms with Crippen LogP contribution in [-0.4, -0.2) is 80.2 Å². The molecule has 35 heavy (non-hydrogen) atoms. The number of methoxy groups -OCH3 is 1. The Balaban J connectivity index is 1.29. The lowest BCUT2D eigenvalue weighted by molar-refractivity contribution is -0.231. The van der Waals surface area contributed by atoms with E-state index in [0.717, 1.165) is 0 Å². The van der Waals surface area contributed by atoms with Gasteiger partial charge < -0.3 is 44.4 Å². The van der Waals surface area contributed by atoms with E-state index in [4.69, 9.17) is 28.4 Å². The molecule has 3 amide bonds. The Labute approximate surface area is 202 Å². The van der Waals surface area contributed by atoms with E-state index >= 15 is 0 Å². The van der Waals surface area contributed by atoms with Crippen molar-refractivity contribution in [3.63, 3.8) is 0 Å². The van der Waals surface area contributed by atoms with E-state index in [0.29, 0.717) is 11.4 Å². The Morgan fingerprint density at radius 1 is 0.857 bits per heavy atom. The molecule has 0 spiro atoms. The van der Waals surface area contributed by atoms with Gasteiger partial charge in [0.2, 0.25) is 11.8 Å². The number of hydrogen-bond acceptors (Lipinski definition) is 9. The molecule has 4 rings (SSSR count). The summed E-state index contributed by atoms with van der Waals surface area (Å²) in [5.74, 6) is -2.93. The number of ether oxygens (including phenoxy) is 6. The zero-order valence-electron chi connectivity index (χ0n) is 20.3. The van der Waals surface area contributed by atoms with Crippen LogP contribution in [0.15, 0.2) is 24.3 Å². The van der Waals surface area contributed by atoms with Crippen LogP contribution in [0.3, 0.4) is 0 Å². The number of carbonyl (C=O) groups excluding carboxylic acids is 3. The highest BCUT2D eigenvalue weighted by Crippen LogP contribution is 2.44. The third-order valence-electron chi connectivity index (χ3n) is 5.66. The van der Waals surface area contributed by atoms with E-state index in [-0.39, 0.29) is 13.1 Å². The van der Waals surface area contributed by atoms with Gasteiger partial charge in [0.15, 0.2) is 24.0 Å². The molecule has 0 unspecified atom stereocenters. The molecule has 12 nitrogen and oxygen atoms in total. The monoisotopic (exact) mass is 493 g/mol. The lowest BCUT2D eigenvalue weighted by Crippen LogP contribution is -2.60. The maximum atomic E-state index is 12.9. The van der Waals surface area contributed by atoms with Crippen LogP contribution in [0.1, 0.15) is 27.7 Å². The number of nitrogens with one attached hydrogen (secondary N) is 3. The van der Waals surface area contributed by atoms with Crippen LogP contribution in [0.5, 0.6) is 5.75 Å². The maximum absolute atomic E-state index is 12.9. The van der Waals surface area contributed by atoms with Gasteiger partial charge in [0.25, 0.3) is 5.91 Å². The number of hydrogen-bond donors (Lipinski definition) is 3. The van der Waals surface area contributed by atoms with Crippen molar-refractivity contribution in [3.05, 3.63) is 24.3 Å². The number of anilines is 1. The summed E-state index contributed by atoms with van der Waals surface area (Å²) in [6.45, 7) is 6.31. The van der Waals surface area contributed by atoms with Crippen molar-refractivity contribution >= 4 is 23.4 Å². The lowest BCUT2D eigenvalue weighted by Gasteiger charge is -2.36. The van der Waals surface area contributed by atoms with E-state index < -0.39 is 60.0 Å². The molecule has 3 heterocycles. The van der Waals surface area contributed by atoms with Crippen LogP contribution in [0.4, 0.5) is 5.69 Å². The fourth-order valence-electron chi connectivity index (χ4n) is 4.27. The highest BCUT2D eigenvalue weighted by atomic mass is 16.9. The first kappa shape index (κ1) is 25.3. The van der Waals surface area contributed by atoms with Gasteiger partial charge >= 0.3 is 0 Å². The number of carbonyl (C=O) groups is 3. The first-order valence-electron chi connectivity index (χ1n) is 11.3. The molecule has 1 aromatic rings. The van der Waals surface area contributed by atoms with Gasteiger partial charge in [-0.3, -0.25) is 14.4 Å². The Morgan fingerprint density at radius 2 is 1.49 bits per heavy atom. The van der Waals surface area contributed by atoms with Crippen molar-refractivity contribution in [2.75, 3.05) is 25.5 Å². The highest BCUT2D eigenvalue weighted by molar-refractivity contribution is 5.96. The van der Waals surface area contributed by atoms with Gasteiger partial charge in [-0.2, -0.15) is 0 Å². The molecule has 0 radical (unpaired) electrons. The average molecular weight is 494 g/mol. The summed E-state index contributed by atoms with van der Waals surface area (Å²) in [6, 6.07) is 6.90. The van der Waals surface area contributed by atoms with Crippen LogP contribution < -0.4 is 20.7 Å².